The zero-order chi connectivity index (χ0) is 15.4. The lowest BCUT2D eigenvalue weighted by molar-refractivity contribution is 0.0759. The lowest BCUT2D eigenvalue weighted by Crippen LogP contribution is -2.36. The number of benzene rings is 1. The Morgan fingerprint density at radius 2 is 1.90 bits per heavy atom. The predicted molar refractivity (Wildman–Crippen MR) is 109 cm³/mol. The second kappa shape index (κ2) is 8.60. The van der Waals surface area contributed by atoms with Crippen molar-refractivity contribution >= 4 is 73.7 Å². The molecule has 1 aliphatic heterocycles. The van der Waals surface area contributed by atoms with Crippen LogP contribution < -0.4 is 0 Å². The van der Waals surface area contributed by atoms with Gasteiger partial charge in [0.2, 0.25) is 0 Å². The first kappa shape index (κ1) is 18.1. The van der Waals surface area contributed by atoms with E-state index in [1.165, 1.54) is 0 Å². The zero-order valence-electron chi connectivity index (χ0n) is 11.5. The average Bonchev–Trinajstić information content (AvgIpc) is 2.68. The van der Waals surface area contributed by atoms with Crippen LogP contribution in [-0.2, 0) is 0 Å². The Morgan fingerprint density at radius 3 is 2.62 bits per heavy atom. The Morgan fingerprint density at radius 1 is 1.14 bits per heavy atom. The normalized spacial score (nSPS) is 16.9. The maximum atomic E-state index is 12.8. The molecule has 0 radical (unpaired) electrons. The van der Waals surface area contributed by atoms with Crippen LogP contribution in [0.15, 0.2) is 12.1 Å². The summed E-state index contributed by atoms with van der Waals surface area (Å²) >= 11 is 6.80. The lowest BCUT2D eigenvalue weighted by atomic mass is 10.2. The van der Waals surface area contributed by atoms with Gasteiger partial charge in [0.25, 0.3) is 5.91 Å². The van der Waals surface area contributed by atoms with Gasteiger partial charge >= 0.3 is 0 Å². The van der Waals surface area contributed by atoms with Gasteiger partial charge < -0.3 is 10.0 Å². The molecule has 2 rings (SSSR count). The molecule has 1 aromatic rings. The minimum atomic E-state index is 0.127. The molecule has 0 bridgehead atoms. The minimum absolute atomic E-state index is 0.127. The summed E-state index contributed by atoms with van der Waals surface area (Å²) in [5.74, 6) is 0.127. The largest absolute Gasteiger partial charge is 0.395 e. The number of aliphatic hydroxyl groups is 1. The van der Waals surface area contributed by atoms with Crippen molar-refractivity contribution < 1.29 is 9.90 Å². The third kappa shape index (κ3) is 4.88. The highest BCUT2D eigenvalue weighted by Crippen LogP contribution is 2.24. The number of nitrogens with zero attached hydrogens (tertiary/aromatic N) is 2. The van der Waals surface area contributed by atoms with Crippen molar-refractivity contribution in [1.29, 1.82) is 0 Å². The van der Waals surface area contributed by atoms with E-state index in [2.05, 4.69) is 78.7 Å². The van der Waals surface area contributed by atoms with Crippen molar-refractivity contribution in [3.63, 3.8) is 0 Å². The van der Waals surface area contributed by atoms with Crippen molar-refractivity contribution in [3.8, 4) is 0 Å². The zero-order valence-corrected chi connectivity index (χ0v) is 18.0. The SMILES string of the molecule is O=C(c1cc(I)cc(I)c1I)N1CCCN(CCO)CC1. The van der Waals surface area contributed by atoms with Crippen LogP contribution in [0.4, 0.5) is 0 Å². The van der Waals surface area contributed by atoms with Crippen LogP contribution in [0.1, 0.15) is 16.8 Å². The Balaban J connectivity index is 2.13. The fraction of sp³-hybridized carbons (Fsp3) is 0.500. The van der Waals surface area contributed by atoms with Crippen LogP contribution in [0, 0.1) is 10.7 Å². The molecule has 7 heteroatoms. The van der Waals surface area contributed by atoms with Crippen LogP contribution in [0.5, 0.6) is 0 Å². The van der Waals surface area contributed by atoms with E-state index >= 15 is 0 Å². The van der Waals surface area contributed by atoms with Gasteiger partial charge in [0.05, 0.1) is 12.2 Å². The third-order valence-electron chi connectivity index (χ3n) is 3.52. The summed E-state index contributed by atoms with van der Waals surface area (Å²) in [6.07, 6.45) is 0.962. The van der Waals surface area contributed by atoms with E-state index in [1.54, 1.807) is 0 Å². The maximum absolute atomic E-state index is 12.8. The monoisotopic (exact) mass is 626 g/mol. The highest BCUT2D eigenvalue weighted by molar-refractivity contribution is 14.1. The lowest BCUT2D eigenvalue weighted by Gasteiger charge is -2.22. The molecule has 1 heterocycles. The minimum Gasteiger partial charge on any atom is -0.395 e. The van der Waals surface area contributed by atoms with E-state index in [9.17, 15) is 4.79 Å². The first-order chi connectivity index (χ1) is 10.0. The van der Waals surface area contributed by atoms with E-state index in [0.717, 1.165) is 48.9 Å². The number of carbonyl (C=O) groups excluding carboxylic acids is 1. The second-order valence-electron chi connectivity index (χ2n) is 4.96. The number of β-amino-alcohol motifs (C(OH)–C–C–N with tert-alkyl or cyclic N) is 1. The summed E-state index contributed by atoms with van der Waals surface area (Å²) < 4.78 is 3.26. The predicted octanol–water partition coefficient (Wildman–Crippen LogP) is 2.64. The molecule has 1 saturated heterocycles. The fourth-order valence-corrected chi connectivity index (χ4v) is 4.81. The quantitative estimate of drug-likeness (QED) is 0.415. The summed E-state index contributed by atoms with van der Waals surface area (Å²) in [5.41, 5.74) is 0.808. The van der Waals surface area contributed by atoms with Gasteiger partial charge in [-0.25, -0.2) is 0 Å². The molecule has 1 amide bonds. The fourth-order valence-electron chi connectivity index (χ4n) is 2.42. The van der Waals surface area contributed by atoms with E-state index in [1.807, 2.05) is 11.0 Å². The summed E-state index contributed by atoms with van der Waals surface area (Å²) in [4.78, 5) is 17.0. The Bertz CT molecular complexity index is 525. The highest BCUT2D eigenvalue weighted by Gasteiger charge is 2.22. The molecule has 0 spiro atoms. The highest BCUT2D eigenvalue weighted by atomic mass is 127. The van der Waals surface area contributed by atoms with Gasteiger partial charge in [-0.1, -0.05) is 0 Å². The average molecular weight is 626 g/mol. The van der Waals surface area contributed by atoms with Gasteiger partial charge in [-0.05, 0) is 92.9 Å². The molecular weight excluding hydrogens is 609 g/mol. The van der Waals surface area contributed by atoms with E-state index < -0.39 is 0 Å². The van der Waals surface area contributed by atoms with Gasteiger partial charge in [-0.2, -0.15) is 0 Å². The summed E-state index contributed by atoms with van der Waals surface area (Å²) in [6.45, 7) is 4.19. The Kier molecular flexibility index (Phi) is 7.43. The molecule has 1 fully saturated rings. The van der Waals surface area contributed by atoms with Gasteiger partial charge in [0, 0.05) is 36.9 Å². The van der Waals surface area contributed by atoms with E-state index in [4.69, 9.17) is 5.11 Å². The molecule has 116 valence electrons. The van der Waals surface area contributed by atoms with Crippen molar-refractivity contribution in [2.75, 3.05) is 39.3 Å². The number of rotatable bonds is 3. The molecule has 0 unspecified atom stereocenters. The van der Waals surface area contributed by atoms with Gasteiger partial charge in [0.1, 0.15) is 0 Å². The van der Waals surface area contributed by atoms with Crippen molar-refractivity contribution in [3.05, 3.63) is 28.4 Å². The van der Waals surface area contributed by atoms with Gasteiger partial charge in [-0.3, -0.25) is 9.69 Å². The van der Waals surface area contributed by atoms with Crippen molar-refractivity contribution in [1.82, 2.24) is 9.80 Å². The number of hydrogen-bond acceptors (Lipinski definition) is 3. The molecule has 21 heavy (non-hydrogen) atoms. The molecule has 0 saturated carbocycles. The number of halogens is 3. The first-order valence-electron chi connectivity index (χ1n) is 6.80. The van der Waals surface area contributed by atoms with Crippen LogP contribution in [-0.4, -0.2) is 60.1 Å². The van der Waals surface area contributed by atoms with Crippen LogP contribution in [0.25, 0.3) is 0 Å². The van der Waals surface area contributed by atoms with E-state index in [-0.39, 0.29) is 12.5 Å². The van der Waals surface area contributed by atoms with Crippen LogP contribution in [0.3, 0.4) is 0 Å². The molecule has 4 nitrogen and oxygen atoms in total. The molecule has 1 aliphatic rings. The maximum Gasteiger partial charge on any atom is 0.255 e. The number of carbonyl (C=O) groups is 1. The second-order valence-corrected chi connectivity index (χ2v) is 8.45. The standard InChI is InChI=1S/C14H17I3N2O2/c15-10-8-11(13(17)12(16)9-10)14(21)19-3-1-2-18(4-5-19)6-7-20/h8-9,20H,1-7H2. The Labute approximate surface area is 166 Å². The number of amides is 1. The van der Waals surface area contributed by atoms with Crippen LogP contribution in [0.2, 0.25) is 0 Å². The first-order valence-corrected chi connectivity index (χ1v) is 10.0. The Hall–Kier alpha value is 0.800. The molecular formula is C14H17I3N2O2. The van der Waals surface area contributed by atoms with Crippen molar-refractivity contribution in [2.45, 2.75) is 6.42 Å². The molecule has 0 atom stereocenters. The molecule has 1 N–H and O–H groups in total. The van der Waals surface area contributed by atoms with E-state index in [0.29, 0.717) is 6.54 Å². The smallest absolute Gasteiger partial charge is 0.255 e. The third-order valence-corrected chi connectivity index (χ3v) is 7.18. The number of hydrogen-bond donors (Lipinski definition) is 1. The summed E-state index contributed by atoms with van der Waals surface area (Å²) in [6, 6.07) is 4.06. The molecule has 0 aromatic heterocycles. The molecule has 1 aromatic carbocycles. The van der Waals surface area contributed by atoms with Gasteiger partial charge in [0.15, 0.2) is 0 Å². The van der Waals surface area contributed by atoms with Crippen LogP contribution >= 0.6 is 67.8 Å². The topological polar surface area (TPSA) is 43.8 Å². The number of aliphatic hydroxyl groups excluding tert-OH is 1. The molecule has 0 aliphatic carbocycles. The van der Waals surface area contributed by atoms with Crippen molar-refractivity contribution in [2.24, 2.45) is 0 Å². The van der Waals surface area contributed by atoms with Gasteiger partial charge in [-0.15, -0.1) is 0 Å². The summed E-state index contributed by atoms with van der Waals surface area (Å²) in [7, 11) is 0. The summed E-state index contributed by atoms with van der Waals surface area (Å²) in [5, 5.41) is 9.04.